The molecule has 0 bridgehead atoms. The molecule has 7 heteroatoms. The quantitative estimate of drug-likeness (QED) is 0.380. The number of hydrogen-bond acceptors (Lipinski definition) is 4. The summed E-state index contributed by atoms with van der Waals surface area (Å²) in [5.74, 6) is -0.482. The lowest BCUT2D eigenvalue weighted by atomic mass is 9.95. The molecule has 0 atom stereocenters. The highest BCUT2D eigenvalue weighted by Crippen LogP contribution is 2.30. The molecule has 0 amide bonds. The lowest BCUT2D eigenvalue weighted by molar-refractivity contribution is -0.138. The summed E-state index contributed by atoms with van der Waals surface area (Å²) >= 11 is 0. The number of halogens is 3. The van der Waals surface area contributed by atoms with Gasteiger partial charge in [-0.1, -0.05) is 36.4 Å². The van der Waals surface area contributed by atoms with Crippen LogP contribution in [0.2, 0.25) is 0 Å². The van der Waals surface area contributed by atoms with Crippen molar-refractivity contribution in [2.75, 3.05) is 7.11 Å². The summed E-state index contributed by atoms with van der Waals surface area (Å²) in [4.78, 5) is 28.9. The second-order valence-electron chi connectivity index (χ2n) is 9.07. The van der Waals surface area contributed by atoms with Gasteiger partial charge in [0.25, 0.3) is 0 Å². The highest BCUT2D eigenvalue weighted by molar-refractivity contribution is 5.96. The Hall–Kier alpha value is -3.74. The van der Waals surface area contributed by atoms with E-state index in [1.54, 1.807) is 6.07 Å². The fraction of sp³-hybridized carbons (Fsp3) is 0.276. The van der Waals surface area contributed by atoms with E-state index in [4.69, 9.17) is 4.74 Å². The van der Waals surface area contributed by atoms with Gasteiger partial charge in [0.1, 0.15) is 5.78 Å². The van der Waals surface area contributed by atoms with Gasteiger partial charge in [0.2, 0.25) is 0 Å². The molecule has 3 aromatic rings. The van der Waals surface area contributed by atoms with Crippen LogP contribution < -0.4 is 0 Å². The SMILES string of the molecule is COC(=O)C1=Cc2cc(CCc3cc(CC(=O)Cc4cccc(C(F)(F)F)c4)ccc3C)cnc2C1. The number of carbonyl (C=O) groups excluding carboxylic acids is 2. The van der Waals surface area contributed by atoms with Crippen LogP contribution in [0.5, 0.6) is 0 Å². The molecule has 0 aliphatic heterocycles. The Bertz CT molecular complexity index is 1340. The van der Waals surface area contributed by atoms with Crippen molar-refractivity contribution in [3.05, 3.63) is 105 Å². The average Bonchev–Trinajstić information content (AvgIpc) is 3.27. The highest BCUT2D eigenvalue weighted by atomic mass is 19.4. The summed E-state index contributed by atoms with van der Waals surface area (Å²) in [6.45, 7) is 2.01. The van der Waals surface area contributed by atoms with Crippen LogP contribution in [0.25, 0.3) is 6.08 Å². The smallest absolute Gasteiger partial charge is 0.416 e. The number of pyridine rings is 1. The molecule has 0 unspecified atom stereocenters. The third-order valence-corrected chi connectivity index (χ3v) is 6.35. The molecule has 0 spiro atoms. The van der Waals surface area contributed by atoms with Crippen molar-refractivity contribution in [2.45, 2.75) is 45.2 Å². The number of benzene rings is 2. The number of nitrogens with zero attached hydrogens (tertiary/aromatic N) is 1. The zero-order valence-corrected chi connectivity index (χ0v) is 20.1. The molecule has 186 valence electrons. The Labute approximate surface area is 207 Å². The van der Waals surface area contributed by atoms with Gasteiger partial charge in [0.15, 0.2) is 0 Å². The van der Waals surface area contributed by atoms with Crippen LogP contribution in [0.15, 0.2) is 60.3 Å². The molecule has 0 radical (unpaired) electrons. The summed E-state index contributed by atoms with van der Waals surface area (Å²) < 4.78 is 43.6. The molecule has 4 rings (SSSR count). The third kappa shape index (κ3) is 6.08. The van der Waals surface area contributed by atoms with E-state index in [1.807, 2.05) is 43.5 Å². The predicted octanol–water partition coefficient (Wildman–Crippen LogP) is 5.66. The molecule has 1 aliphatic carbocycles. The van der Waals surface area contributed by atoms with E-state index in [-0.39, 0.29) is 24.6 Å². The van der Waals surface area contributed by atoms with Crippen molar-refractivity contribution < 1.29 is 27.5 Å². The molecule has 1 aliphatic rings. The number of methoxy groups -OCH3 is 1. The number of fused-ring (bicyclic) bond motifs is 1. The maximum Gasteiger partial charge on any atom is 0.416 e. The standard InChI is InChI=1S/C29H26F3NO3/c1-18-6-7-20(14-26(34)13-19-4-3-5-25(12-19)29(30,31)32)10-22(18)9-8-21-11-23-15-24(28(35)36-2)16-27(23)33-17-21/h3-7,10-12,15,17H,8-9,13-14,16H2,1-2H3. The van der Waals surface area contributed by atoms with E-state index in [0.29, 0.717) is 17.6 Å². The average molecular weight is 494 g/mol. The fourth-order valence-corrected chi connectivity index (χ4v) is 4.40. The largest absolute Gasteiger partial charge is 0.466 e. The number of ketones is 1. The topological polar surface area (TPSA) is 56.3 Å². The Kier molecular flexibility index (Phi) is 7.38. The highest BCUT2D eigenvalue weighted by Gasteiger charge is 2.30. The van der Waals surface area contributed by atoms with Crippen LogP contribution in [0.3, 0.4) is 0 Å². The van der Waals surface area contributed by atoms with Crippen molar-refractivity contribution in [3.63, 3.8) is 0 Å². The molecule has 1 heterocycles. The Balaban J connectivity index is 1.40. The lowest BCUT2D eigenvalue weighted by Crippen LogP contribution is -2.10. The normalized spacial score (nSPS) is 12.8. The maximum atomic E-state index is 12.9. The molecule has 0 fully saturated rings. The van der Waals surface area contributed by atoms with Gasteiger partial charge in [0, 0.05) is 31.0 Å². The summed E-state index contributed by atoms with van der Waals surface area (Å²) in [7, 11) is 1.36. The number of aryl methyl sites for hydroxylation is 3. The van der Waals surface area contributed by atoms with Crippen molar-refractivity contribution in [1.82, 2.24) is 4.98 Å². The van der Waals surface area contributed by atoms with Crippen LogP contribution in [-0.2, 0) is 52.6 Å². The summed E-state index contributed by atoms with van der Waals surface area (Å²) in [5.41, 5.74) is 6.08. The Morgan fingerprint density at radius 2 is 1.72 bits per heavy atom. The minimum absolute atomic E-state index is 0.0466. The zero-order valence-electron chi connectivity index (χ0n) is 20.1. The monoisotopic (exact) mass is 493 g/mol. The molecule has 36 heavy (non-hydrogen) atoms. The molecule has 1 aromatic heterocycles. The fourth-order valence-electron chi connectivity index (χ4n) is 4.40. The third-order valence-electron chi connectivity index (χ3n) is 6.35. The van der Waals surface area contributed by atoms with Gasteiger partial charge in [-0.15, -0.1) is 0 Å². The maximum absolute atomic E-state index is 12.9. The molecule has 0 N–H and O–H groups in total. The van der Waals surface area contributed by atoms with Crippen molar-refractivity contribution in [3.8, 4) is 0 Å². The number of hydrogen-bond donors (Lipinski definition) is 0. The predicted molar refractivity (Wildman–Crippen MR) is 130 cm³/mol. The minimum atomic E-state index is -4.43. The first kappa shape index (κ1) is 25.4. The minimum Gasteiger partial charge on any atom is -0.466 e. The number of Topliss-reactive ketones (excluding diaryl/α,β-unsaturated/α-hetero) is 1. The van der Waals surface area contributed by atoms with E-state index in [9.17, 15) is 22.8 Å². The van der Waals surface area contributed by atoms with E-state index in [1.165, 1.54) is 13.2 Å². The van der Waals surface area contributed by atoms with E-state index in [0.717, 1.165) is 58.5 Å². The van der Waals surface area contributed by atoms with Crippen LogP contribution in [0.4, 0.5) is 13.2 Å². The van der Waals surface area contributed by atoms with Crippen molar-refractivity contribution in [2.24, 2.45) is 0 Å². The number of rotatable bonds is 8. The number of ether oxygens (including phenoxy) is 1. The Morgan fingerprint density at radius 1 is 0.972 bits per heavy atom. The molecule has 0 saturated carbocycles. The van der Waals surface area contributed by atoms with Crippen LogP contribution in [0.1, 0.15) is 44.6 Å². The van der Waals surface area contributed by atoms with Gasteiger partial charge in [-0.05, 0) is 71.4 Å². The summed E-state index contributed by atoms with van der Waals surface area (Å²) in [5, 5.41) is 0. The zero-order chi connectivity index (χ0) is 25.9. The van der Waals surface area contributed by atoms with E-state index < -0.39 is 11.7 Å². The van der Waals surface area contributed by atoms with Crippen molar-refractivity contribution in [1.29, 1.82) is 0 Å². The first-order chi connectivity index (χ1) is 17.1. The summed E-state index contributed by atoms with van der Waals surface area (Å²) in [6, 6.07) is 12.8. The molecule has 0 saturated heterocycles. The van der Waals surface area contributed by atoms with Crippen LogP contribution in [0, 0.1) is 6.92 Å². The van der Waals surface area contributed by atoms with Gasteiger partial charge in [0.05, 0.1) is 18.4 Å². The van der Waals surface area contributed by atoms with E-state index in [2.05, 4.69) is 4.98 Å². The van der Waals surface area contributed by atoms with Gasteiger partial charge < -0.3 is 4.74 Å². The molecule has 4 nitrogen and oxygen atoms in total. The van der Waals surface area contributed by atoms with E-state index >= 15 is 0 Å². The number of alkyl halides is 3. The van der Waals surface area contributed by atoms with Crippen LogP contribution >= 0.6 is 0 Å². The number of esters is 1. The number of aromatic nitrogens is 1. The lowest BCUT2D eigenvalue weighted by Gasteiger charge is -2.11. The van der Waals surface area contributed by atoms with Crippen molar-refractivity contribution >= 4 is 17.8 Å². The summed E-state index contributed by atoms with van der Waals surface area (Å²) in [6.07, 6.45) is 1.28. The van der Waals surface area contributed by atoms with Gasteiger partial charge in [-0.2, -0.15) is 13.2 Å². The first-order valence-corrected chi connectivity index (χ1v) is 11.7. The first-order valence-electron chi connectivity index (χ1n) is 11.7. The van der Waals surface area contributed by atoms with Gasteiger partial charge in [-0.25, -0.2) is 4.79 Å². The molecular weight excluding hydrogens is 467 g/mol. The molecular formula is C29H26F3NO3. The Morgan fingerprint density at radius 3 is 2.44 bits per heavy atom. The second kappa shape index (κ2) is 10.5. The second-order valence-corrected chi connectivity index (χ2v) is 9.07. The van der Waals surface area contributed by atoms with Crippen LogP contribution in [-0.4, -0.2) is 23.8 Å². The molecule has 2 aromatic carbocycles. The van der Waals surface area contributed by atoms with Gasteiger partial charge >= 0.3 is 12.1 Å². The number of carbonyl (C=O) groups is 2. The van der Waals surface area contributed by atoms with Gasteiger partial charge in [-0.3, -0.25) is 9.78 Å².